The fraction of sp³-hybridized carbons (Fsp3) is 0.562. The first-order valence-electron chi connectivity index (χ1n) is 8.27. The molecule has 2 rings (SSSR count). The van der Waals surface area contributed by atoms with Crippen molar-refractivity contribution in [1.82, 2.24) is 4.72 Å². The quantitative estimate of drug-likeness (QED) is 0.645. The lowest BCUT2D eigenvalue weighted by Gasteiger charge is -2.30. The summed E-state index contributed by atoms with van der Waals surface area (Å²) in [5.74, 6) is -13.1. The van der Waals surface area contributed by atoms with Crippen LogP contribution in [0.5, 0.6) is 5.75 Å². The van der Waals surface area contributed by atoms with Crippen LogP contribution in [0.15, 0.2) is 24.3 Å². The molecule has 1 aromatic rings. The first-order valence-corrected chi connectivity index (χ1v) is 9.76. The van der Waals surface area contributed by atoms with Gasteiger partial charge in [0.15, 0.2) is 6.29 Å². The Labute approximate surface area is 162 Å². The highest BCUT2D eigenvalue weighted by Crippen LogP contribution is 2.47. The average molecular weight is 449 g/mol. The monoisotopic (exact) mass is 449 g/mol. The van der Waals surface area contributed by atoms with E-state index in [1.54, 1.807) is 0 Å². The minimum absolute atomic E-state index is 0.221. The number of carbonyl (C=O) groups is 1. The second-order valence-corrected chi connectivity index (χ2v) is 8.08. The normalized spacial score (nSPS) is 18.9. The third kappa shape index (κ3) is 4.77. The van der Waals surface area contributed by atoms with Gasteiger partial charge in [0.25, 0.3) is 5.91 Å². The predicted octanol–water partition coefficient (Wildman–Crippen LogP) is 3.53. The van der Waals surface area contributed by atoms with Crippen LogP contribution in [0.25, 0.3) is 0 Å². The molecule has 1 fully saturated rings. The number of rotatable bonds is 7. The van der Waals surface area contributed by atoms with E-state index in [1.165, 1.54) is 12.1 Å². The van der Waals surface area contributed by atoms with Gasteiger partial charge in [-0.15, -0.1) is 0 Å². The Morgan fingerprint density at radius 1 is 1.10 bits per heavy atom. The molecule has 1 heterocycles. The standard InChI is InChI=1S/C16H17F6NO5S/c1-14(17,18)15(19,20)16(21,22)29(25,26)23-13(24)10-5-7-11(8-6-10)28-12-4-2-3-9-27-12/h5-8,12H,2-4,9H2,1H3,(H,23,24). The Balaban J connectivity index is 2.12. The van der Waals surface area contributed by atoms with Gasteiger partial charge in [0, 0.05) is 18.9 Å². The fourth-order valence-electron chi connectivity index (χ4n) is 2.31. The summed E-state index contributed by atoms with van der Waals surface area (Å²) < 4.78 is 114. The first-order chi connectivity index (χ1) is 13.2. The van der Waals surface area contributed by atoms with Crippen molar-refractivity contribution in [2.75, 3.05) is 6.61 Å². The van der Waals surface area contributed by atoms with Crippen molar-refractivity contribution in [3.63, 3.8) is 0 Å². The molecule has 6 nitrogen and oxygen atoms in total. The Morgan fingerprint density at radius 2 is 1.69 bits per heavy atom. The van der Waals surface area contributed by atoms with Crippen LogP contribution in [0, 0.1) is 0 Å². The lowest BCUT2D eigenvalue weighted by molar-refractivity contribution is -0.271. The van der Waals surface area contributed by atoms with Gasteiger partial charge in [-0.05, 0) is 37.1 Å². The highest BCUT2D eigenvalue weighted by molar-refractivity contribution is 7.91. The summed E-state index contributed by atoms with van der Waals surface area (Å²) in [6, 6.07) is 4.36. The molecule has 1 aliphatic heterocycles. The summed E-state index contributed by atoms with van der Waals surface area (Å²) in [6.07, 6.45) is 1.84. The minimum atomic E-state index is -6.49. The number of ether oxygens (including phenoxy) is 2. The number of sulfonamides is 1. The predicted molar refractivity (Wildman–Crippen MR) is 87.6 cm³/mol. The number of carbonyl (C=O) groups excluding carboxylic acids is 1. The van der Waals surface area contributed by atoms with Crippen LogP contribution >= 0.6 is 0 Å². The molecule has 1 atom stereocenters. The van der Waals surface area contributed by atoms with E-state index in [4.69, 9.17) is 9.47 Å². The smallest absolute Gasteiger partial charge is 0.431 e. The molecule has 0 saturated carbocycles. The van der Waals surface area contributed by atoms with Gasteiger partial charge in [0.1, 0.15) is 5.75 Å². The van der Waals surface area contributed by atoms with Gasteiger partial charge >= 0.3 is 27.1 Å². The van der Waals surface area contributed by atoms with Crippen molar-refractivity contribution >= 4 is 15.9 Å². The van der Waals surface area contributed by atoms with Crippen molar-refractivity contribution in [2.24, 2.45) is 0 Å². The lowest BCUT2D eigenvalue weighted by Crippen LogP contribution is -2.60. The SMILES string of the molecule is CC(F)(F)C(F)(F)C(F)(F)S(=O)(=O)NC(=O)c1ccc(OC2CCCCO2)cc1. The number of alkyl halides is 6. The fourth-order valence-corrected chi connectivity index (χ4v) is 3.32. The van der Waals surface area contributed by atoms with E-state index in [1.807, 2.05) is 0 Å². The van der Waals surface area contributed by atoms with Crippen molar-refractivity contribution in [3.8, 4) is 5.75 Å². The van der Waals surface area contributed by atoms with Crippen LogP contribution in [0.3, 0.4) is 0 Å². The highest BCUT2D eigenvalue weighted by atomic mass is 32.2. The van der Waals surface area contributed by atoms with Gasteiger partial charge in [0.05, 0.1) is 6.61 Å². The molecule has 13 heteroatoms. The van der Waals surface area contributed by atoms with Crippen molar-refractivity contribution in [1.29, 1.82) is 0 Å². The summed E-state index contributed by atoms with van der Waals surface area (Å²) >= 11 is 0. The largest absolute Gasteiger partial charge is 0.465 e. The van der Waals surface area contributed by atoms with E-state index in [2.05, 4.69) is 0 Å². The summed E-state index contributed by atoms with van der Waals surface area (Å²) in [6.45, 7) is -0.0638. The Kier molecular flexibility index (Phi) is 6.43. The second-order valence-electron chi connectivity index (χ2n) is 6.35. The minimum Gasteiger partial charge on any atom is -0.465 e. The molecule has 0 bridgehead atoms. The van der Waals surface area contributed by atoms with E-state index in [9.17, 15) is 39.6 Å². The second kappa shape index (κ2) is 8.01. The van der Waals surface area contributed by atoms with Crippen LogP contribution in [-0.2, 0) is 14.8 Å². The van der Waals surface area contributed by atoms with Crippen LogP contribution in [0.2, 0.25) is 0 Å². The Morgan fingerprint density at radius 3 is 2.17 bits per heavy atom. The molecular weight excluding hydrogens is 432 g/mol. The van der Waals surface area contributed by atoms with Crippen LogP contribution in [0.4, 0.5) is 26.3 Å². The zero-order chi connectivity index (χ0) is 22.1. The van der Waals surface area contributed by atoms with Gasteiger partial charge in [0.2, 0.25) is 0 Å². The van der Waals surface area contributed by atoms with E-state index in [-0.39, 0.29) is 5.75 Å². The summed E-state index contributed by atoms with van der Waals surface area (Å²) in [5.41, 5.74) is -0.507. The molecule has 0 spiro atoms. The van der Waals surface area contributed by atoms with Crippen LogP contribution in [0.1, 0.15) is 36.5 Å². The molecule has 0 radical (unpaired) electrons. The maximum Gasteiger partial charge on any atom is 0.431 e. The average Bonchev–Trinajstić information content (AvgIpc) is 2.61. The number of halogens is 6. The number of amides is 1. The van der Waals surface area contributed by atoms with E-state index in [0.717, 1.165) is 25.0 Å². The van der Waals surface area contributed by atoms with Crippen molar-refractivity contribution in [2.45, 2.75) is 49.6 Å². The van der Waals surface area contributed by atoms with Gasteiger partial charge < -0.3 is 9.47 Å². The molecular formula is C16H17F6NO5S. The summed E-state index contributed by atoms with van der Waals surface area (Å²) in [4.78, 5) is 11.9. The molecule has 0 aromatic heterocycles. The number of benzene rings is 1. The zero-order valence-corrected chi connectivity index (χ0v) is 15.7. The Bertz CT molecular complexity index is 832. The third-order valence-electron chi connectivity index (χ3n) is 4.00. The topological polar surface area (TPSA) is 81.7 Å². The molecule has 0 aliphatic carbocycles. The molecule has 1 aromatic carbocycles. The maximum absolute atomic E-state index is 13.6. The van der Waals surface area contributed by atoms with Crippen LogP contribution in [-0.4, -0.2) is 44.3 Å². The summed E-state index contributed by atoms with van der Waals surface area (Å²) in [7, 11) is -6.49. The molecule has 1 N–H and O–H groups in total. The van der Waals surface area contributed by atoms with Gasteiger partial charge in [-0.25, -0.2) is 4.72 Å². The molecule has 1 saturated heterocycles. The van der Waals surface area contributed by atoms with Gasteiger partial charge in [-0.2, -0.15) is 34.8 Å². The van der Waals surface area contributed by atoms with E-state index < -0.39 is 51.8 Å². The van der Waals surface area contributed by atoms with Gasteiger partial charge in [-0.1, -0.05) is 0 Å². The maximum atomic E-state index is 13.6. The molecule has 1 aliphatic rings. The lowest BCUT2D eigenvalue weighted by atomic mass is 10.2. The van der Waals surface area contributed by atoms with Crippen LogP contribution < -0.4 is 9.46 Å². The van der Waals surface area contributed by atoms with Crippen molar-refractivity contribution in [3.05, 3.63) is 29.8 Å². The Hall–Kier alpha value is -2.02. The molecule has 1 amide bonds. The molecule has 29 heavy (non-hydrogen) atoms. The van der Waals surface area contributed by atoms with Gasteiger partial charge in [-0.3, -0.25) is 4.79 Å². The highest BCUT2D eigenvalue weighted by Gasteiger charge is 2.75. The molecule has 164 valence electrons. The number of hydrogen-bond acceptors (Lipinski definition) is 5. The van der Waals surface area contributed by atoms with E-state index in [0.29, 0.717) is 17.7 Å². The molecule has 1 unspecified atom stereocenters. The van der Waals surface area contributed by atoms with E-state index >= 15 is 0 Å². The number of hydrogen-bond donors (Lipinski definition) is 1. The summed E-state index contributed by atoms with van der Waals surface area (Å²) in [5, 5.41) is -6.25. The zero-order valence-electron chi connectivity index (χ0n) is 14.9. The first kappa shape index (κ1) is 23.3. The van der Waals surface area contributed by atoms with Crippen molar-refractivity contribution < 1.29 is 49.0 Å². The number of nitrogens with one attached hydrogen (secondary N) is 1. The third-order valence-corrected chi connectivity index (χ3v) is 5.39.